The first kappa shape index (κ1) is 20.3. The van der Waals surface area contributed by atoms with E-state index in [9.17, 15) is 0 Å². The molecule has 6 rings (SSSR count). The molecule has 5 aromatic rings. The largest absolute Gasteiger partial charge is 0.306 e. The molecule has 0 amide bonds. The number of halogens is 1. The number of hydrogen-bond donors (Lipinski definition) is 0. The van der Waals surface area contributed by atoms with Crippen LogP contribution in [0.4, 0.5) is 0 Å². The Labute approximate surface area is 197 Å². The van der Waals surface area contributed by atoms with Crippen molar-refractivity contribution in [2.45, 2.75) is 24.8 Å². The average Bonchev–Trinajstić information content (AvgIpc) is 3.18. The second-order valence-corrected chi connectivity index (χ2v) is 9.37. The smallest absolute Gasteiger partial charge is 0.155 e. The van der Waals surface area contributed by atoms with E-state index in [1.807, 2.05) is 24.4 Å². The average molecular weight is 454 g/mol. The zero-order valence-corrected chi connectivity index (χ0v) is 19.4. The number of hydrogen-bond acceptors (Lipinski definition) is 4. The molecule has 0 saturated heterocycles. The van der Waals surface area contributed by atoms with Crippen LogP contribution in [0.3, 0.4) is 0 Å². The molecule has 0 spiro atoms. The van der Waals surface area contributed by atoms with Crippen molar-refractivity contribution in [2.75, 3.05) is 14.1 Å². The molecule has 0 bridgehead atoms. The Kier molecular flexibility index (Phi) is 4.89. The molecule has 1 fully saturated rings. The van der Waals surface area contributed by atoms with Gasteiger partial charge >= 0.3 is 0 Å². The predicted octanol–water partition coefficient (Wildman–Crippen LogP) is 6.07. The molecule has 3 aromatic heterocycles. The highest BCUT2D eigenvalue weighted by molar-refractivity contribution is 6.33. The van der Waals surface area contributed by atoms with E-state index in [0.29, 0.717) is 17.1 Å². The zero-order chi connectivity index (χ0) is 22.5. The summed E-state index contributed by atoms with van der Waals surface area (Å²) in [4.78, 5) is 16.7. The van der Waals surface area contributed by atoms with Gasteiger partial charge in [-0.25, -0.2) is 15.0 Å². The van der Waals surface area contributed by atoms with Crippen molar-refractivity contribution in [1.82, 2.24) is 24.3 Å². The van der Waals surface area contributed by atoms with Gasteiger partial charge in [-0.2, -0.15) is 0 Å². The lowest BCUT2D eigenvalue weighted by Crippen LogP contribution is -2.39. The highest BCUT2D eigenvalue weighted by Gasteiger charge is 2.35. The fourth-order valence-corrected chi connectivity index (χ4v) is 5.01. The van der Waals surface area contributed by atoms with Crippen LogP contribution < -0.4 is 0 Å². The Morgan fingerprint density at radius 2 is 1.73 bits per heavy atom. The van der Waals surface area contributed by atoms with Crippen LogP contribution in [0, 0.1) is 0 Å². The minimum atomic E-state index is 0.417. The van der Waals surface area contributed by atoms with E-state index in [1.165, 1.54) is 0 Å². The van der Waals surface area contributed by atoms with E-state index >= 15 is 0 Å². The Morgan fingerprint density at radius 3 is 2.52 bits per heavy atom. The number of benzene rings is 2. The Balaban J connectivity index is 1.47. The summed E-state index contributed by atoms with van der Waals surface area (Å²) in [5, 5.41) is 1.57. The Morgan fingerprint density at radius 1 is 0.939 bits per heavy atom. The Bertz CT molecular complexity index is 1470. The van der Waals surface area contributed by atoms with E-state index in [0.717, 1.165) is 57.6 Å². The topological polar surface area (TPSA) is 46.3 Å². The van der Waals surface area contributed by atoms with Gasteiger partial charge in [0.25, 0.3) is 0 Å². The van der Waals surface area contributed by atoms with Crippen LogP contribution in [0.5, 0.6) is 0 Å². The highest BCUT2D eigenvalue weighted by Crippen LogP contribution is 2.41. The summed E-state index contributed by atoms with van der Waals surface area (Å²) >= 11 is 6.60. The van der Waals surface area contributed by atoms with Crippen LogP contribution in [-0.2, 0) is 0 Å². The third kappa shape index (κ3) is 3.48. The predicted molar refractivity (Wildman–Crippen MR) is 134 cm³/mol. The van der Waals surface area contributed by atoms with Crippen LogP contribution in [0.15, 0.2) is 73.1 Å². The maximum Gasteiger partial charge on any atom is 0.155 e. The Hall–Kier alpha value is -3.28. The molecule has 164 valence electrons. The molecule has 2 aromatic carbocycles. The summed E-state index contributed by atoms with van der Waals surface area (Å²) in [5.41, 5.74) is 5.73. The molecule has 1 aliphatic carbocycles. The standard InChI is InChI=1S/C27H24ClN5/c1-32(2)21-14-20(15-21)27-31-24(25-26(28)29-12-13-33(25)27)19-9-8-18-10-11-22(30-23(18)16-19)17-6-4-3-5-7-17/h3-13,16,20-21H,14-15H2,1-2H3. The van der Waals surface area contributed by atoms with Gasteiger partial charge in [-0.1, -0.05) is 60.1 Å². The molecule has 0 N–H and O–H groups in total. The van der Waals surface area contributed by atoms with Gasteiger partial charge in [0.1, 0.15) is 11.3 Å². The number of imidazole rings is 1. The first-order valence-corrected chi connectivity index (χ1v) is 11.6. The zero-order valence-electron chi connectivity index (χ0n) is 18.6. The number of fused-ring (bicyclic) bond motifs is 2. The van der Waals surface area contributed by atoms with Gasteiger partial charge in [-0.15, -0.1) is 0 Å². The first-order chi connectivity index (χ1) is 16.1. The van der Waals surface area contributed by atoms with Crippen LogP contribution in [0.2, 0.25) is 5.15 Å². The number of nitrogens with zero attached hydrogens (tertiary/aromatic N) is 5. The molecule has 1 saturated carbocycles. The fourth-order valence-electron chi connectivity index (χ4n) is 4.77. The molecule has 1 aliphatic rings. The van der Waals surface area contributed by atoms with Crippen LogP contribution in [0.1, 0.15) is 24.6 Å². The highest BCUT2D eigenvalue weighted by atomic mass is 35.5. The maximum absolute atomic E-state index is 6.60. The normalized spacial score (nSPS) is 18.2. The summed E-state index contributed by atoms with van der Waals surface area (Å²) < 4.78 is 2.12. The van der Waals surface area contributed by atoms with E-state index in [-0.39, 0.29) is 0 Å². The molecule has 6 heteroatoms. The maximum atomic E-state index is 6.60. The van der Waals surface area contributed by atoms with Crippen LogP contribution in [0.25, 0.3) is 38.9 Å². The van der Waals surface area contributed by atoms with Crippen molar-refractivity contribution >= 4 is 28.0 Å². The molecular formula is C27H24ClN5. The van der Waals surface area contributed by atoms with E-state index < -0.39 is 0 Å². The SMILES string of the molecule is CN(C)C1CC(c2nc(-c3ccc4ccc(-c5ccccc5)nc4c3)c3c(Cl)nccn23)C1. The molecular weight excluding hydrogens is 430 g/mol. The second kappa shape index (κ2) is 7.94. The van der Waals surface area contributed by atoms with Gasteiger partial charge in [-0.3, -0.25) is 4.40 Å². The van der Waals surface area contributed by atoms with Gasteiger partial charge in [-0.05, 0) is 39.1 Å². The molecule has 0 radical (unpaired) electrons. The monoisotopic (exact) mass is 453 g/mol. The molecule has 33 heavy (non-hydrogen) atoms. The van der Waals surface area contributed by atoms with Crippen molar-refractivity contribution in [3.8, 4) is 22.5 Å². The van der Waals surface area contributed by atoms with Gasteiger partial charge in [0.05, 0.1) is 16.9 Å². The molecule has 0 aliphatic heterocycles. The minimum Gasteiger partial charge on any atom is -0.306 e. The third-order valence-electron chi connectivity index (χ3n) is 6.78. The summed E-state index contributed by atoms with van der Waals surface area (Å²) in [6.07, 6.45) is 5.93. The summed E-state index contributed by atoms with van der Waals surface area (Å²) in [7, 11) is 4.28. The van der Waals surface area contributed by atoms with Gasteiger partial charge in [0, 0.05) is 40.9 Å². The molecule has 0 atom stereocenters. The summed E-state index contributed by atoms with van der Waals surface area (Å²) in [6.45, 7) is 0. The molecule has 0 unspecified atom stereocenters. The molecule has 3 heterocycles. The third-order valence-corrected chi connectivity index (χ3v) is 7.06. The first-order valence-electron chi connectivity index (χ1n) is 11.2. The van der Waals surface area contributed by atoms with Crippen LogP contribution in [-0.4, -0.2) is 44.4 Å². The van der Waals surface area contributed by atoms with Crippen molar-refractivity contribution in [3.05, 3.63) is 84.0 Å². The van der Waals surface area contributed by atoms with Crippen molar-refractivity contribution in [3.63, 3.8) is 0 Å². The number of pyridine rings is 1. The van der Waals surface area contributed by atoms with Crippen molar-refractivity contribution in [2.24, 2.45) is 0 Å². The second-order valence-electron chi connectivity index (χ2n) is 9.01. The van der Waals surface area contributed by atoms with Crippen LogP contribution >= 0.6 is 11.6 Å². The van der Waals surface area contributed by atoms with E-state index in [1.54, 1.807) is 6.20 Å². The fraction of sp³-hybridized carbons (Fsp3) is 0.222. The van der Waals surface area contributed by atoms with E-state index in [4.69, 9.17) is 21.6 Å². The summed E-state index contributed by atoms with van der Waals surface area (Å²) in [6, 6.07) is 21.4. The quantitative estimate of drug-likeness (QED) is 0.331. The van der Waals surface area contributed by atoms with E-state index in [2.05, 4.69) is 70.8 Å². The van der Waals surface area contributed by atoms with Gasteiger partial charge in [0.15, 0.2) is 5.15 Å². The van der Waals surface area contributed by atoms with Crippen molar-refractivity contribution < 1.29 is 0 Å². The van der Waals surface area contributed by atoms with Gasteiger partial charge < -0.3 is 4.90 Å². The summed E-state index contributed by atoms with van der Waals surface area (Å²) in [5.74, 6) is 1.48. The lowest BCUT2D eigenvalue weighted by Gasteiger charge is -2.38. The van der Waals surface area contributed by atoms with Gasteiger partial charge in [0.2, 0.25) is 0 Å². The van der Waals surface area contributed by atoms with Crippen molar-refractivity contribution in [1.29, 1.82) is 0 Å². The number of aromatic nitrogens is 4. The lowest BCUT2D eigenvalue weighted by atomic mass is 9.79. The number of rotatable bonds is 4. The minimum absolute atomic E-state index is 0.417. The lowest BCUT2D eigenvalue weighted by molar-refractivity contribution is 0.161. The molecule has 5 nitrogen and oxygen atoms in total.